The number of hydrogen-bond acceptors (Lipinski definition) is 7. The molecule has 1 amide bonds. The molecule has 3 aromatic carbocycles. The van der Waals surface area contributed by atoms with Crippen molar-refractivity contribution in [1.29, 1.82) is 5.26 Å². The molecule has 206 valence electrons. The highest BCUT2D eigenvalue weighted by atomic mass is 16.5. The summed E-state index contributed by atoms with van der Waals surface area (Å²) < 4.78 is 4.92. The van der Waals surface area contributed by atoms with E-state index in [0.29, 0.717) is 12.2 Å². The smallest absolute Gasteiger partial charge is 0.258 e. The highest BCUT2D eigenvalue weighted by molar-refractivity contribution is 6.08. The minimum atomic E-state index is 0.00977. The lowest BCUT2D eigenvalue weighted by Crippen LogP contribution is -2.48. The first kappa shape index (κ1) is 27.4. The Labute approximate surface area is 235 Å². The maximum Gasteiger partial charge on any atom is 0.258 e. The molecule has 2 atom stereocenters. The number of nitrogens with one attached hydrogen (secondary N) is 1. The average molecular weight is 538 g/mol. The van der Waals surface area contributed by atoms with E-state index in [-0.39, 0.29) is 17.9 Å². The third-order valence-electron chi connectivity index (χ3n) is 7.97. The SMILES string of the molecule is CNc1ccc(N2CCN(C3c4ccccc4C(=O)N(C)c4ccccc43)CC2)c(C#N)c1.O=CC1CCOC1. The van der Waals surface area contributed by atoms with E-state index >= 15 is 0 Å². The number of nitriles is 1. The van der Waals surface area contributed by atoms with Gasteiger partial charge in [-0.2, -0.15) is 5.26 Å². The summed E-state index contributed by atoms with van der Waals surface area (Å²) in [6.07, 6.45) is 1.89. The van der Waals surface area contributed by atoms with Gasteiger partial charge in [0.2, 0.25) is 0 Å². The Morgan fingerprint density at radius 2 is 1.70 bits per heavy atom. The maximum absolute atomic E-state index is 13.3. The van der Waals surface area contributed by atoms with E-state index in [4.69, 9.17) is 4.74 Å². The summed E-state index contributed by atoms with van der Waals surface area (Å²) in [6.45, 7) is 4.72. The highest BCUT2D eigenvalue weighted by Crippen LogP contribution is 2.40. The van der Waals surface area contributed by atoms with Crippen molar-refractivity contribution >= 4 is 29.3 Å². The van der Waals surface area contributed by atoms with Crippen LogP contribution >= 0.6 is 0 Å². The molecule has 2 unspecified atom stereocenters. The van der Waals surface area contributed by atoms with Gasteiger partial charge in [-0.25, -0.2) is 0 Å². The number of anilines is 3. The van der Waals surface area contributed by atoms with Gasteiger partial charge in [0.05, 0.1) is 23.9 Å². The predicted molar refractivity (Wildman–Crippen MR) is 157 cm³/mol. The molecular weight excluding hydrogens is 502 g/mol. The number of benzene rings is 3. The van der Waals surface area contributed by atoms with Crippen LogP contribution in [0, 0.1) is 17.2 Å². The number of amides is 1. The lowest BCUT2D eigenvalue weighted by Gasteiger charge is -2.41. The van der Waals surface area contributed by atoms with E-state index in [1.165, 1.54) is 0 Å². The minimum Gasteiger partial charge on any atom is -0.388 e. The van der Waals surface area contributed by atoms with Crippen LogP contribution in [0.5, 0.6) is 0 Å². The Morgan fingerprint density at radius 3 is 2.35 bits per heavy atom. The third kappa shape index (κ3) is 5.44. The van der Waals surface area contributed by atoms with Crippen LogP contribution in [0.1, 0.15) is 39.5 Å². The molecule has 3 heterocycles. The summed E-state index contributed by atoms with van der Waals surface area (Å²) in [5, 5.41) is 12.8. The molecule has 0 aliphatic carbocycles. The molecule has 40 heavy (non-hydrogen) atoms. The number of fused-ring (bicyclic) bond motifs is 2. The van der Waals surface area contributed by atoms with Gasteiger partial charge in [0.25, 0.3) is 5.91 Å². The standard InChI is InChI=1S/C27H27N5O.C5H8O2/c1-29-20-11-12-24(19(17-20)18-28)31-13-15-32(16-14-31)26-21-7-3-4-8-22(21)27(33)30(2)25-10-6-5-9-23(25)26;6-3-5-1-2-7-4-5/h3-12,17,26,29H,13-16H2,1-2H3;3,5H,1-2,4H2. The monoisotopic (exact) mass is 537 g/mol. The number of piperazine rings is 1. The highest BCUT2D eigenvalue weighted by Gasteiger charge is 2.35. The van der Waals surface area contributed by atoms with Gasteiger partial charge < -0.3 is 24.6 Å². The van der Waals surface area contributed by atoms with E-state index in [0.717, 1.165) is 79.2 Å². The van der Waals surface area contributed by atoms with E-state index in [2.05, 4.69) is 39.4 Å². The van der Waals surface area contributed by atoms with Crippen molar-refractivity contribution < 1.29 is 14.3 Å². The molecule has 2 saturated heterocycles. The second-order valence-electron chi connectivity index (χ2n) is 10.3. The molecular formula is C32H35N5O3. The van der Waals surface area contributed by atoms with Crippen molar-refractivity contribution in [3.05, 3.63) is 89.0 Å². The molecule has 0 radical (unpaired) electrons. The van der Waals surface area contributed by atoms with Gasteiger partial charge in [0, 0.05) is 69.7 Å². The number of carbonyl (C=O) groups excluding carboxylic acids is 2. The largest absolute Gasteiger partial charge is 0.388 e. The maximum atomic E-state index is 13.3. The molecule has 8 heteroatoms. The van der Waals surface area contributed by atoms with Crippen molar-refractivity contribution in [3.63, 3.8) is 0 Å². The topological polar surface area (TPSA) is 88.9 Å². The molecule has 0 aromatic heterocycles. The van der Waals surface area contributed by atoms with Crippen LogP contribution in [0.4, 0.5) is 17.1 Å². The molecule has 0 saturated carbocycles. The number of carbonyl (C=O) groups is 2. The summed E-state index contributed by atoms with van der Waals surface area (Å²) in [6, 6.07) is 24.5. The van der Waals surface area contributed by atoms with Crippen LogP contribution in [0.2, 0.25) is 0 Å². The second kappa shape index (κ2) is 12.3. The fourth-order valence-corrected chi connectivity index (χ4v) is 5.74. The number of para-hydroxylation sites is 1. The number of nitrogens with zero attached hydrogens (tertiary/aromatic N) is 4. The van der Waals surface area contributed by atoms with Crippen LogP contribution in [0.15, 0.2) is 66.7 Å². The lowest BCUT2D eigenvalue weighted by molar-refractivity contribution is -0.111. The summed E-state index contributed by atoms with van der Waals surface area (Å²) in [5.74, 6) is 0.225. The van der Waals surface area contributed by atoms with E-state index in [1.807, 2.05) is 62.6 Å². The van der Waals surface area contributed by atoms with Gasteiger partial charge in [-0.1, -0.05) is 36.4 Å². The van der Waals surface area contributed by atoms with E-state index in [1.54, 1.807) is 4.90 Å². The van der Waals surface area contributed by atoms with Gasteiger partial charge in [-0.3, -0.25) is 9.69 Å². The van der Waals surface area contributed by atoms with Crippen molar-refractivity contribution in [3.8, 4) is 6.07 Å². The molecule has 3 aromatic rings. The van der Waals surface area contributed by atoms with Crippen LogP contribution in [-0.4, -0.2) is 70.6 Å². The average Bonchev–Trinajstić information content (AvgIpc) is 3.53. The second-order valence-corrected chi connectivity index (χ2v) is 10.3. The van der Waals surface area contributed by atoms with Crippen LogP contribution in [0.3, 0.4) is 0 Å². The first-order valence-electron chi connectivity index (χ1n) is 13.8. The van der Waals surface area contributed by atoms with Crippen LogP contribution < -0.4 is 15.1 Å². The summed E-state index contributed by atoms with van der Waals surface area (Å²) in [4.78, 5) is 29.7. The zero-order chi connectivity index (χ0) is 28.1. The van der Waals surface area contributed by atoms with Gasteiger partial charge >= 0.3 is 0 Å². The molecule has 3 aliphatic rings. The molecule has 0 bridgehead atoms. The van der Waals surface area contributed by atoms with Crippen LogP contribution in [0.25, 0.3) is 0 Å². The Kier molecular flexibility index (Phi) is 8.44. The van der Waals surface area contributed by atoms with E-state index in [9.17, 15) is 14.9 Å². The minimum absolute atomic E-state index is 0.00977. The fraction of sp³-hybridized carbons (Fsp3) is 0.344. The molecule has 0 spiro atoms. The first-order valence-corrected chi connectivity index (χ1v) is 13.8. The molecule has 6 rings (SSSR count). The van der Waals surface area contributed by atoms with Crippen molar-refractivity contribution in [2.75, 3.05) is 68.6 Å². The van der Waals surface area contributed by atoms with Crippen molar-refractivity contribution in [2.24, 2.45) is 5.92 Å². The number of ether oxygens (including phenoxy) is 1. The predicted octanol–water partition coefficient (Wildman–Crippen LogP) is 4.32. The Bertz CT molecular complexity index is 1400. The summed E-state index contributed by atoms with van der Waals surface area (Å²) in [7, 11) is 3.72. The van der Waals surface area contributed by atoms with Crippen LogP contribution in [-0.2, 0) is 9.53 Å². The van der Waals surface area contributed by atoms with E-state index < -0.39 is 0 Å². The molecule has 8 nitrogen and oxygen atoms in total. The number of rotatable bonds is 4. The van der Waals surface area contributed by atoms with Crippen molar-refractivity contribution in [1.82, 2.24) is 4.90 Å². The zero-order valence-electron chi connectivity index (χ0n) is 23.0. The van der Waals surface area contributed by atoms with Gasteiger partial charge in [-0.15, -0.1) is 0 Å². The Morgan fingerprint density at radius 1 is 0.975 bits per heavy atom. The third-order valence-corrected chi connectivity index (χ3v) is 7.97. The van der Waals surface area contributed by atoms with Gasteiger partial charge in [0.1, 0.15) is 12.4 Å². The number of hydrogen-bond donors (Lipinski definition) is 1. The van der Waals surface area contributed by atoms with Crippen molar-refractivity contribution in [2.45, 2.75) is 12.5 Å². The first-order chi connectivity index (χ1) is 19.5. The molecule has 3 aliphatic heterocycles. The molecule has 1 N–H and O–H groups in total. The Hall–Kier alpha value is -4.19. The zero-order valence-corrected chi connectivity index (χ0v) is 23.0. The molecule has 2 fully saturated rings. The lowest BCUT2D eigenvalue weighted by atomic mass is 9.93. The quantitative estimate of drug-likeness (QED) is 0.496. The Balaban J connectivity index is 0.000000403. The van der Waals surface area contributed by atoms with Gasteiger partial charge in [0.15, 0.2) is 0 Å². The fourth-order valence-electron chi connectivity index (χ4n) is 5.74. The van der Waals surface area contributed by atoms with Gasteiger partial charge in [-0.05, 0) is 47.9 Å². The summed E-state index contributed by atoms with van der Waals surface area (Å²) >= 11 is 0. The number of aldehydes is 1. The normalized spacial score (nSPS) is 20.4. The summed E-state index contributed by atoms with van der Waals surface area (Å²) in [5.41, 5.74) is 6.54.